The van der Waals surface area contributed by atoms with E-state index in [0.29, 0.717) is 19.4 Å². The first kappa shape index (κ1) is 17.9. The Labute approximate surface area is 130 Å². The van der Waals surface area contributed by atoms with E-state index in [1.54, 1.807) is 13.2 Å². The van der Waals surface area contributed by atoms with Crippen LogP contribution in [0.3, 0.4) is 0 Å². The molecule has 0 N–H and O–H groups in total. The SMILES string of the molecule is COC(=O)/C=C/C[C@@H](CC(C)=O)OCc1ccc(OC)cc1. The highest BCUT2D eigenvalue weighted by atomic mass is 16.5. The molecule has 0 saturated heterocycles. The number of esters is 1. The molecule has 1 rings (SSSR count). The zero-order valence-corrected chi connectivity index (χ0v) is 13.2. The predicted molar refractivity (Wildman–Crippen MR) is 82.6 cm³/mol. The molecule has 5 nitrogen and oxygen atoms in total. The van der Waals surface area contributed by atoms with Crippen molar-refractivity contribution in [2.75, 3.05) is 14.2 Å². The monoisotopic (exact) mass is 306 g/mol. The third-order valence-corrected chi connectivity index (χ3v) is 3.01. The topological polar surface area (TPSA) is 61.8 Å². The maximum atomic E-state index is 11.3. The van der Waals surface area contributed by atoms with E-state index >= 15 is 0 Å². The molecular weight excluding hydrogens is 284 g/mol. The van der Waals surface area contributed by atoms with Crippen molar-refractivity contribution in [2.24, 2.45) is 0 Å². The first-order valence-electron chi connectivity index (χ1n) is 7.03. The van der Waals surface area contributed by atoms with E-state index in [0.717, 1.165) is 11.3 Å². The van der Waals surface area contributed by atoms with Gasteiger partial charge < -0.3 is 14.2 Å². The Morgan fingerprint density at radius 1 is 1.18 bits per heavy atom. The summed E-state index contributed by atoms with van der Waals surface area (Å²) < 4.78 is 15.4. The van der Waals surface area contributed by atoms with E-state index in [-0.39, 0.29) is 11.9 Å². The second-order valence-corrected chi connectivity index (χ2v) is 4.85. The third kappa shape index (κ3) is 7.04. The van der Waals surface area contributed by atoms with Crippen LogP contribution in [0.1, 0.15) is 25.3 Å². The van der Waals surface area contributed by atoms with Gasteiger partial charge in [0.2, 0.25) is 0 Å². The smallest absolute Gasteiger partial charge is 0.330 e. The van der Waals surface area contributed by atoms with E-state index in [9.17, 15) is 9.59 Å². The molecular formula is C17H22O5. The van der Waals surface area contributed by atoms with Crippen LogP contribution in [0.5, 0.6) is 5.75 Å². The molecule has 0 spiro atoms. The number of rotatable bonds is 9. The van der Waals surface area contributed by atoms with Crippen LogP contribution in [-0.4, -0.2) is 32.1 Å². The third-order valence-electron chi connectivity index (χ3n) is 3.01. The molecule has 22 heavy (non-hydrogen) atoms. The summed E-state index contributed by atoms with van der Waals surface area (Å²) in [5, 5.41) is 0. The number of methoxy groups -OCH3 is 2. The van der Waals surface area contributed by atoms with Crippen LogP contribution in [-0.2, 0) is 25.7 Å². The minimum atomic E-state index is -0.420. The minimum Gasteiger partial charge on any atom is -0.497 e. The Hall–Kier alpha value is -2.14. The number of benzene rings is 1. The molecule has 0 amide bonds. The van der Waals surface area contributed by atoms with Crippen LogP contribution in [0, 0.1) is 0 Å². The first-order chi connectivity index (χ1) is 10.5. The van der Waals surface area contributed by atoms with Crippen LogP contribution in [0.4, 0.5) is 0 Å². The van der Waals surface area contributed by atoms with Crippen molar-refractivity contribution in [2.45, 2.75) is 32.5 Å². The van der Waals surface area contributed by atoms with Gasteiger partial charge in [-0.3, -0.25) is 4.79 Å². The highest BCUT2D eigenvalue weighted by Gasteiger charge is 2.11. The molecule has 0 aliphatic carbocycles. The summed E-state index contributed by atoms with van der Waals surface area (Å²) in [6, 6.07) is 7.54. The molecule has 0 heterocycles. The number of carbonyl (C=O) groups is 2. The Morgan fingerprint density at radius 3 is 2.41 bits per heavy atom. The summed E-state index contributed by atoms with van der Waals surface area (Å²) in [5.41, 5.74) is 0.992. The fourth-order valence-electron chi connectivity index (χ4n) is 1.85. The van der Waals surface area contributed by atoms with Crippen molar-refractivity contribution in [3.8, 4) is 5.75 Å². The second-order valence-electron chi connectivity index (χ2n) is 4.85. The van der Waals surface area contributed by atoms with E-state index in [4.69, 9.17) is 9.47 Å². The lowest BCUT2D eigenvalue weighted by atomic mass is 10.1. The summed E-state index contributed by atoms with van der Waals surface area (Å²) in [7, 11) is 2.93. The highest BCUT2D eigenvalue weighted by Crippen LogP contribution is 2.14. The van der Waals surface area contributed by atoms with Crippen LogP contribution < -0.4 is 4.74 Å². The van der Waals surface area contributed by atoms with E-state index < -0.39 is 5.97 Å². The van der Waals surface area contributed by atoms with Gasteiger partial charge in [-0.2, -0.15) is 0 Å². The zero-order valence-electron chi connectivity index (χ0n) is 13.2. The standard InChI is InChI=1S/C17H22O5/c1-13(18)11-16(5-4-6-17(19)21-3)22-12-14-7-9-15(20-2)10-8-14/h4,6-10,16H,5,11-12H2,1-3H3/b6-4+/t16-/m0/s1. The summed E-state index contributed by atoms with van der Waals surface area (Å²) in [6.07, 6.45) is 3.52. The van der Waals surface area contributed by atoms with Crippen molar-refractivity contribution in [1.29, 1.82) is 0 Å². The van der Waals surface area contributed by atoms with Crippen molar-refractivity contribution in [1.82, 2.24) is 0 Å². The maximum Gasteiger partial charge on any atom is 0.330 e. The maximum absolute atomic E-state index is 11.3. The number of hydrogen-bond donors (Lipinski definition) is 0. The molecule has 5 heteroatoms. The largest absolute Gasteiger partial charge is 0.497 e. The molecule has 0 saturated carbocycles. The Kier molecular flexibility index (Phi) is 7.92. The lowest BCUT2D eigenvalue weighted by molar-refractivity contribution is -0.134. The fraction of sp³-hybridized carbons (Fsp3) is 0.412. The Morgan fingerprint density at radius 2 is 1.86 bits per heavy atom. The van der Waals surface area contributed by atoms with Crippen LogP contribution >= 0.6 is 0 Å². The fourth-order valence-corrected chi connectivity index (χ4v) is 1.85. The van der Waals surface area contributed by atoms with Gasteiger partial charge in [0.1, 0.15) is 11.5 Å². The molecule has 1 atom stereocenters. The van der Waals surface area contributed by atoms with Gasteiger partial charge in [0.25, 0.3) is 0 Å². The summed E-state index contributed by atoms with van der Waals surface area (Å²) in [6.45, 7) is 1.92. The molecule has 0 aliphatic heterocycles. The molecule has 1 aromatic rings. The molecule has 0 unspecified atom stereocenters. The predicted octanol–water partition coefficient (Wildman–Crippen LogP) is 2.68. The first-order valence-corrected chi connectivity index (χ1v) is 7.03. The van der Waals surface area contributed by atoms with Gasteiger partial charge in [-0.1, -0.05) is 18.2 Å². The van der Waals surface area contributed by atoms with Gasteiger partial charge in [0, 0.05) is 12.5 Å². The average molecular weight is 306 g/mol. The van der Waals surface area contributed by atoms with Gasteiger partial charge in [-0.25, -0.2) is 4.79 Å². The van der Waals surface area contributed by atoms with Crippen molar-refractivity contribution >= 4 is 11.8 Å². The molecule has 0 aromatic heterocycles. The van der Waals surface area contributed by atoms with E-state index in [1.165, 1.54) is 20.1 Å². The van der Waals surface area contributed by atoms with Crippen molar-refractivity contribution in [3.05, 3.63) is 42.0 Å². The van der Waals surface area contributed by atoms with Crippen molar-refractivity contribution in [3.63, 3.8) is 0 Å². The summed E-state index contributed by atoms with van der Waals surface area (Å²) in [5.74, 6) is 0.410. The number of ether oxygens (including phenoxy) is 3. The van der Waals surface area contributed by atoms with Gasteiger partial charge in [-0.15, -0.1) is 0 Å². The lowest BCUT2D eigenvalue weighted by Gasteiger charge is -2.15. The van der Waals surface area contributed by atoms with E-state index in [1.807, 2.05) is 24.3 Å². The van der Waals surface area contributed by atoms with Crippen LogP contribution in [0.15, 0.2) is 36.4 Å². The number of hydrogen-bond acceptors (Lipinski definition) is 5. The second kappa shape index (κ2) is 9.73. The van der Waals surface area contributed by atoms with Gasteiger partial charge >= 0.3 is 5.97 Å². The van der Waals surface area contributed by atoms with Gasteiger partial charge in [0.15, 0.2) is 0 Å². The zero-order chi connectivity index (χ0) is 16.4. The number of ketones is 1. The quantitative estimate of drug-likeness (QED) is 0.518. The van der Waals surface area contributed by atoms with Crippen molar-refractivity contribution < 1.29 is 23.8 Å². The summed E-state index contributed by atoms with van der Waals surface area (Å²) in [4.78, 5) is 22.3. The molecule has 1 aromatic carbocycles. The van der Waals surface area contributed by atoms with Crippen LogP contribution in [0.2, 0.25) is 0 Å². The lowest BCUT2D eigenvalue weighted by Crippen LogP contribution is -2.16. The normalized spacial score (nSPS) is 12.1. The molecule has 0 fully saturated rings. The molecule has 120 valence electrons. The number of Topliss-reactive ketones (excluding diaryl/α,β-unsaturated/α-hetero) is 1. The highest BCUT2D eigenvalue weighted by molar-refractivity contribution is 5.81. The molecule has 0 aliphatic rings. The Balaban J connectivity index is 2.54. The van der Waals surface area contributed by atoms with Crippen LogP contribution in [0.25, 0.3) is 0 Å². The average Bonchev–Trinajstić information content (AvgIpc) is 2.52. The van der Waals surface area contributed by atoms with Gasteiger partial charge in [0.05, 0.1) is 26.9 Å². The molecule has 0 radical (unpaired) electrons. The Bertz CT molecular complexity index is 504. The summed E-state index contributed by atoms with van der Waals surface area (Å²) >= 11 is 0. The molecule has 0 bridgehead atoms. The number of carbonyl (C=O) groups excluding carboxylic acids is 2. The minimum absolute atomic E-state index is 0.0474. The van der Waals surface area contributed by atoms with E-state index in [2.05, 4.69) is 4.74 Å². The van der Waals surface area contributed by atoms with Gasteiger partial charge in [-0.05, 0) is 31.0 Å².